The lowest BCUT2D eigenvalue weighted by molar-refractivity contribution is 0.0625. The van der Waals surface area contributed by atoms with Crippen LogP contribution in [0.25, 0.3) is 5.69 Å². The van der Waals surface area contributed by atoms with Crippen LogP contribution in [0.4, 0.5) is 0 Å². The minimum absolute atomic E-state index is 0.0895. The number of nitrogens with zero attached hydrogens (tertiary/aromatic N) is 5. The molecule has 0 atom stereocenters. The van der Waals surface area contributed by atoms with Crippen LogP contribution in [0.3, 0.4) is 0 Å². The second kappa shape index (κ2) is 8.00. The number of piperazine rings is 1. The number of carbonyl (C=O) groups is 1. The van der Waals surface area contributed by atoms with Crippen LogP contribution in [-0.4, -0.2) is 61.6 Å². The van der Waals surface area contributed by atoms with Crippen LogP contribution in [-0.2, 0) is 6.54 Å². The number of aryl methyl sites for hydroxylation is 2. The summed E-state index contributed by atoms with van der Waals surface area (Å²) >= 11 is 6.02. The van der Waals surface area contributed by atoms with Crippen LogP contribution in [0.1, 0.15) is 33.4 Å². The lowest BCUT2D eigenvalue weighted by Gasteiger charge is -2.34. The maximum atomic E-state index is 13.2. The number of carbonyl (C=O) groups excluding carboxylic acids is 1. The molecular weight excluding hydrogens is 388 g/mol. The molecule has 0 unspecified atom stereocenters. The van der Waals surface area contributed by atoms with Gasteiger partial charge in [-0.15, -0.1) is 0 Å². The van der Waals surface area contributed by atoms with Crippen LogP contribution in [0, 0.1) is 20.8 Å². The van der Waals surface area contributed by atoms with Gasteiger partial charge in [0.1, 0.15) is 5.82 Å². The molecule has 3 heterocycles. The highest BCUT2D eigenvalue weighted by Gasteiger charge is 2.26. The van der Waals surface area contributed by atoms with E-state index in [0.717, 1.165) is 47.4 Å². The largest absolute Gasteiger partial charge is 0.336 e. The summed E-state index contributed by atoms with van der Waals surface area (Å²) in [4.78, 5) is 21.8. The van der Waals surface area contributed by atoms with E-state index in [2.05, 4.69) is 24.6 Å². The topological polar surface area (TPSA) is 70.1 Å². The second-order valence-electron chi connectivity index (χ2n) is 7.50. The third-order valence-electron chi connectivity index (χ3n) is 5.41. The summed E-state index contributed by atoms with van der Waals surface area (Å²) in [5.74, 6) is 1.71. The summed E-state index contributed by atoms with van der Waals surface area (Å²) in [7, 11) is 0. The SMILES string of the molecule is Cc1nc(CN2CCN(C(=O)c3cc(C)n(-c4ccc(Cl)cc4)c3C)CC2)n[nH]1. The zero-order valence-electron chi connectivity index (χ0n) is 16.9. The number of halogens is 1. The second-order valence-corrected chi connectivity index (χ2v) is 7.94. The molecule has 1 aromatic carbocycles. The molecule has 0 radical (unpaired) electrons. The first-order valence-corrected chi connectivity index (χ1v) is 10.1. The number of hydrogen-bond acceptors (Lipinski definition) is 4. The predicted molar refractivity (Wildman–Crippen MR) is 113 cm³/mol. The summed E-state index contributed by atoms with van der Waals surface area (Å²) in [5.41, 5.74) is 3.76. The van der Waals surface area contributed by atoms with E-state index in [1.165, 1.54) is 0 Å². The minimum Gasteiger partial charge on any atom is -0.336 e. The molecule has 0 aliphatic carbocycles. The Hall–Kier alpha value is -2.64. The van der Waals surface area contributed by atoms with Gasteiger partial charge in [-0.25, -0.2) is 4.98 Å². The van der Waals surface area contributed by atoms with Crippen molar-refractivity contribution in [2.75, 3.05) is 26.2 Å². The van der Waals surface area contributed by atoms with Gasteiger partial charge >= 0.3 is 0 Å². The van der Waals surface area contributed by atoms with Crippen molar-refractivity contribution in [1.82, 2.24) is 29.5 Å². The average molecular weight is 413 g/mol. The molecule has 1 aliphatic heterocycles. The molecule has 8 heteroatoms. The maximum Gasteiger partial charge on any atom is 0.255 e. The monoisotopic (exact) mass is 412 g/mol. The summed E-state index contributed by atoms with van der Waals surface area (Å²) in [6.45, 7) is 9.65. The van der Waals surface area contributed by atoms with Crippen molar-refractivity contribution in [2.24, 2.45) is 0 Å². The fraction of sp³-hybridized carbons (Fsp3) is 0.381. The Bertz CT molecular complexity index is 1010. The molecule has 1 aliphatic rings. The molecule has 7 nitrogen and oxygen atoms in total. The van der Waals surface area contributed by atoms with Gasteiger partial charge < -0.3 is 9.47 Å². The van der Waals surface area contributed by atoms with Gasteiger partial charge in [0.15, 0.2) is 5.82 Å². The van der Waals surface area contributed by atoms with E-state index in [0.29, 0.717) is 24.7 Å². The molecule has 29 heavy (non-hydrogen) atoms. The number of rotatable bonds is 4. The van der Waals surface area contributed by atoms with E-state index in [9.17, 15) is 4.79 Å². The molecule has 2 aromatic heterocycles. The quantitative estimate of drug-likeness (QED) is 0.714. The van der Waals surface area contributed by atoms with Crippen LogP contribution in [0.2, 0.25) is 5.02 Å². The molecule has 3 aromatic rings. The molecule has 1 N–H and O–H groups in total. The number of benzene rings is 1. The fourth-order valence-corrected chi connectivity index (χ4v) is 4.03. The number of H-pyrrole nitrogens is 1. The van der Waals surface area contributed by atoms with Crippen LogP contribution in [0.15, 0.2) is 30.3 Å². The lowest BCUT2D eigenvalue weighted by atomic mass is 10.2. The zero-order valence-corrected chi connectivity index (χ0v) is 17.7. The van der Waals surface area contributed by atoms with Crippen molar-refractivity contribution in [3.05, 3.63) is 64.0 Å². The number of amides is 1. The van der Waals surface area contributed by atoms with E-state index in [-0.39, 0.29) is 5.91 Å². The molecule has 0 spiro atoms. The lowest BCUT2D eigenvalue weighted by Crippen LogP contribution is -2.48. The highest BCUT2D eigenvalue weighted by Crippen LogP contribution is 2.23. The van der Waals surface area contributed by atoms with Crippen molar-refractivity contribution >= 4 is 17.5 Å². The van der Waals surface area contributed by atoms with E-state index in [1.807, 2.05) is 56.0 Å². The Labute approximate surface area is 175 Å². The van der Waals surface area contributed by atoms with Crippen molar-refractivity contribution in [1.29, 1.82) is 0 Å². The van der Waals surface area contributed by atoms with Gasteiger partial charge in [0, 0.05) is 48.3 Å². The van der Waals surface area contributed by atoms with Gasteiger partial charge in [0.25, 0.3) is 5.91 Å². The van der Waals surface area contributed by atoms with Gasteiger partial charge in [-0.3, -0.25) is 14.8 Å². The summed E-state index contributed by atoms with van der Waals surface area (Å²) in [6, 6.07) is 9.66. The fourth-order valence-electron chi connectivity index (χ4n) is 3.91. The molecule has 1 fully saturated rings. The maximum absolute atomic E-state index is 13.2. The number of hydrogen-bond donors (Lipinski definition) is 1. The minimum atomic E-state index is 0.0895. The van der Waals surface area contributed by atoms with Crippen molar-refractivity contribution < 1.29 is 4.79 Å². The smallest absolute Gasteiger partial charge is 0.255 e. The summed E-state index contributed by atoms with van der Waals surface area (Å²) < 4.78 is 2.10. The Balaban J connectivity index is 1.45. The van der Waals surface area contributed by atoms with Gasteiger partial charge in [0.2, 0.25) is 0 Å². The normalized spacial score (nSPS) is 15.1. The molecule has 1 saturated heterocycles. The zero-order chi connectivity index (χ0) is 20.5. The van der Waals surface area contributed by atoms with E-state index in [1.54, 1.807) is 0 Å². The Morgan fingerprint density at radius 1 is 1.10 bits per heavy atom. The molecule has 1 amide bonds. The molecule has 152 valence electrons. The molecular formula is C21H25ClN6O. The van der Waals surface area contributed by atoms with Gasteiger partial charge in [-0.2, -0.15) is 5.10 Å². The van der Waals surface area contributed by atoms with E-state index in [4.69, 9.17) is 11.6 Å². The summed E-state index contributed by atoms with van der Waals surface area (Å²) in [6.07, 6.45) is 0. The number of aromatic amines is 1. The van der Waals surface area contributed by atoms with E-state index < -0.39 is 0 Å². The molecule has 0 bridgehead atoms. The third kappa shape index (κ3) is 4.06. The summed E-state index contributed by atoms with van der Waals surface area (Å²) in [5, 5.41) is 7.78. The van der Waals surface area contributed by atoms with Crippen LogP contribution < -0.4 is 0 Å². The Kier molecular flexibility index (Phi) is 5.43. The van der Waals surface area contributed by atoms with Gasteiger partial charge in [-0.05, 0) is 51.1 Å². The van der Waals surface area contributed by atoms with Gasteiger partial charge in [-0.1, -0.05) is 11.6 Å². The first-order chi connectivity index (χ1) is 13.9. The van der Waals surface area contributed by atoms with E-state index >= 15 is 0 Å². The average Bonchev–Trinajstić information content (AvgIpc) is 3.25. The standard InChI is InChI=1S/C21H25ClN6O/c1-14-12-19(15(2)28(14)18-6-4-17(22)5-7-18)21(29)27-10-8-26(9-11-27)13-20-23-16(3)24-25-20/h4-7,12H,8-11,13H2,1-3H3,(H,23,24,25). The van der Waals surface area contributed by atoms with Crippen molar-refractivity contribution in [3.8, 4) is 5.69 Å². The highest BCUT2D eigenvalue weighted by molar-refractivity contribution is 6.30. The van der Waals surface area contributed by atoms with Crippen LogP contribution >= 0.6 is 11.6 Å². The van der Waals surface area contributed by atoms with Gasteiger partial charge in [0.05, 0.1) is 12.1 Å². The first-order valence-electron chi connectivity index (χ1n) is 9.77. The predicted octanol–water partition coefficient (Wildman–Crippen LogP) is 3.13. The highest BCUT2D eigenvalue weighted by atomic mass is 35.5. The number of nitrogens with one attached hydrogen (secondary N) is 1. The third-order valence-corrected chi connectivity index (χ3v) is 5.67. The molecule has 4 rings (SSSR count). The van der Waals surface area contributed by atoms with Crippen molar-refractivity contribution in [2.45, 2.75) is 27.3 Å². The number of aromatic nitrogens is 4. The first kappa shape index (κ1) is 19.7. The Morgan fingerprint density at radius 2 is 1.79 bits per heavy atom. The molecule has 0 saturated carbocycles. The van der Waals surface area contributed by atoms with Crippen molar-refractivity contribution in [3.63, 3.8) is 0 Å². The van der Waals surface area contributed by atoms with Crippen LogP contribution in [0.5, 0.6) is 0 Å². The Morgan fingerprint density at radius 3 is 2.41 bits per heavy atom.